The second-order valence-corrected chi connectivity index (χ2v) is 6.62. The monoisotopic (exact) mass is 299 g/mol. The van der Waals surface area contributed by atoms with E-state index in [2.05, 4.69) is 4.72 Å². The Hall–Kier alpha value is -1.60. The van der Waals surface area contributed by atoms with E-state index in [1.807, 2.05) is 0 Å². The van der Waals surface area contributed by atoms with E-state index in [0.717, 1.165) is 12.8 Å². The quantitative estimate of drug-likeness (QED) is 0.860. The Kier molecular flexibility index (Phi) is 4.61. The number of sulfonamides is 1. The second kappa shape index (κ2) is 6.23. The zero-order valence-corrected chi connectivity index (χ0v) is 11.7. The van der Waals surface area contributed by atoms with Crippen molar-refractivity contribution in [2.45, 2.75) is 12.8 Å². The summed E-state index contributed by atoms with van der Waals surface area (Å²) in [5.41, 5.74) is 0.313. The van der Waals surface area contributed by atoms with Gasteiger partial charge in [-0.05, 0) is 37.0 Å². The number of nitrogens with one attached hydrogen (secondary N) is 1. The first-order chi connectivity index (χ1) is 9.46. The number of aromatic carboxylic acids is 1. The number of ether oxygens (including phenoxy) is 1. The van der Waals surface area contributed by atoms with Crippen LogP contribution < -0.4 is 4.72 Å². The molecule has 110 valence electrons. The normalized spacial score (nSPS) is 19.5. The number of carboxylic acids is 1. The maximum atomic E-state index is 12.0. The minimum Gasteiger partial charge on any atom is -0.478 e. The lowest BCUT2D eigenvalue weighted by Crippen LogP contribution is -2.28. The van der Waals surface area contributed by atoms with Gasteiger partial charge in [-0.25, -0.2) is 13.2 Å². The molecule has 2 rings (SSSR count). The van der Waals surface area contributed by atoms with Crippen LogP contribution in [0.15, 0.2) is 24.3 Å². The number of hydrogen-bond donors (Lipinski definition) is 2. The molecule has 1 atom stereocenters. The summed E-state index contributed by atoms with van der Waals surface area (Å²) in [6, 6.07) is 5.75. The predicted molar refractivity (Wildman–Crippen MR) is 74.4 cm³/mol. The molecule has 0 spiro atoms. The number of rotatable bonds is 5. The van der Waals surface area contributed by atoms with Crippen LogP contribution in [0, 0.1) is 5.92 Å². The van der Waals surface area contributed by atoms with Crippen molar-refractivity contribution >= 4 is 21.7 Å². The highest BCUT2D eigenvalue weighted by molar-refractivity contribution is 7.92. The molecule has 1 unspecified atom stereocenters. The van der Waals surface area contributed by atoms with Gasteiger partial charge in [-0.3, -0.25) is 4.72 Å². The van der Waals surface area contributed by atoms with E-state index in [1.165, 1.54) is 24.3 Å². The molecule has 1 aromatic rings. The van der Waals surface area contributed by atoms with Gasteiger partial charge in [-0.1, -0.05) is 6.07 Å². The van der Waals surface area contributed by atoms with Crippen LogP contribution in [0.5, 0.6) is 0 Å². The van der Waals surface area contributed by atoms with Crippen molar-refractivity contribution in [1.29, 1.82) is 0 Å². The van der Waals surface area contributed by atoms with Crippen molar-refractivity contribution in [1.82, 2.24) is 0 Å². The Bertz CT molecular complexity index is 578. The van der Waals surface area contributed by atoms with Crippen molar-refractivity contribution in [3.8, 4) is 0 Å². The average Bonchev–Trinajstić information content (AvgIpc) is 2.39. The highest BCUT2D eigenvalue weighted by Gasteiger charge is 2.22. The van der Waals surface area contributed by atoms with Crippen LogP contribution in [0.3, 0.4) is 0 Å². The molecule has 2 N–H and O–H groups in total. The van der Waals surface area contributed by atoms with Gasteiger partial charge in [0.05, 0.1) is 17.9 Å². The van der Waals surface area contributed by atoms with Crippen molar-refractivity contribution in [3.05, 3.63) is 29.8 Å². The molecule has 0 radical (unpaired) electrons. The van der Waals surface area contributed by atoms with E-state index in [4.69, 9.17) is 9.84 Å². The molecule has 7 heteroatoms. The first-order valence-electron chi connectivity index (χ1n) is 6.38. The lowest BCUT2D eigenvalue weighted by Gasteiger charge is -2.22. The molecule has 1 aliphatic heterocycles. The molecule has 0 aliphatic carbocycles. The van der Waals surface area contributed by atoms with E-state index in [-0.39, 0.29) is 22.9 Å². The Labute approximate surface area is 117 Å². The summed E-state index contributed by atoms with van der Waals surface area (Å²) >= 11 is 0. The molecular weight excluding hydrogens is 282 g/mol. The van der Waals surface area contributed by atoms with Gasteiger partial charge in [0.1, 0.15) is 0 Å². The molecular formula is C13H17NO5S. The summed E-state index contributed by atoms with van der Waals surface area (Å²) in [6.07, 6.45) is 1.70. The van der Waals surface area contributed by atoms with Crippen LogP contribution in [0.25, 0.3) is 0 Å². The third-order valence-electron chi connectivity index (χ3n) is 3.09. The highest BCUT2D eigenvalue weighted by atomic mass is 32.2. The maximum Gasteiger partial charge on any atom is 0.335 e. The van der Waals surface area contributed by atoms with Gasteiger partial charge in [0.15, 0.2) is 0 Å². The van der Waals surface area contributed by atoms with Gasteiger partial charge in [0.2, 0.25) is 10.0 Å². The van der Waals surface area contributed by atoms with Crippen molar-refractivity contribution in [2.24, 2.45) is 5.92 Å². The van der Waals surface area contributed by atoms with Crippen molar-refractivity contribution in [3.63, 3.8) is 0 Å². The Morgan fingerprint density at radius 3 is 2.90 bits per heavy atom. The molecule has 0 aromatic heterocycles. The van der Waals surface area contributed by atoms with Gasteiger partial charge in [0, 0.05) is 12.3 Å². The zero-order valence-electron chi connectivity index (χ0n) is 10.9. The van der Waals surface area contributed by atoms with E-state index in [0.29, 0.717) is 13.2 Å². The third-order valence-corrected chi connectivity index (χ3v) is 4.55. The molecule has 1 fully saturated rings. The van der Waals surface area contributed by atoms with Gasteiger partial charge in [-0.15, -0.1) is 0 Å². The fraction of sp³-hybridized carbons (Fsp3) is 0.462. The van der Waals surface area contributed by atoms with Crippen LogP contribution in [0.2, 0.25) is 0 Å². The fourth-order valence-electron chi connectivity index (χ4n) is 2.19. The van der Waals surface area contributed by atoms with Gasteiger partial charge in [0.25, 0.3) is 0 Å². The lowest BCUT2D eigenvalue weighted by molar-refractivity contribution is 0.0626. The number of benzene rings is 1. The first kappa shape index (κ1) is 14.8. The predicted octanol–water partition coefficient (Wildman–Crippen LogP) is 1.55. The molecule has 6 nitrogen and oxygen atoms in total. The fourth-order valence-corrected chi connectivity index (χ4v) is 3.64. The maximum absolute atomic E-state index is 12.0. The summed E-state index contributed by atoms with van der Waals surface area (Å²) < 4.78 is 31.7. The van der Waals surface area contributed by atoms with Crippen molar-refractivity contribution < 1.29 is 23.1 Å². The molecule has 0 amide bonds. The topological polar surface area (TPSA) is 92.7 Å². The molecule has 0 bridgehead atoms. The Morgan fingerprint density at radius 1 is 1.45 bits per heavy atom. The van der Waals surface area contributed by atoms with E-state index < -0.39 is 16.0 Å². The highest BCUT2D eigenvalue weighted by Crippen LogP contribution is 2.18. The summed E-state index contributed by atoms with van der Waals surface area (Å²) in [5.74, 6) is -1.11. The number of carbonyl (C=O) groups is 1. The molecule has 20 heavy (non-hydrogen) atoms. The first-order valence-corrected chi connectivity index (χ1v) is 8.03. The number of anilines is 1. The summed E-state index contributed by atoms with van der Waals surface area (Å²) in [5, 5.41) is 8.87. The SMILES string of the molecule is O=C(O)c1cccc(NS(=O)(=O)CC2CCCOC2)c1. The standard InChI is InChI=1S/C13H17NO5S/c15-13(16)11-4-1-5-12(7-11)14-20(17,18)9-10-3-2-6-19-8-10/h1,4-5,7,10,14H,2-3,6,8-9H2,(H,15,16). The lowest BCUT2D eigenvalue weighted by atomic mass is 10.1. The van der Waals surface area contributed by atoms with Crippen LogP contribution in [-0.4, -0.2) is 38.5 Å². The minimum absolute atomic E-state index is 0.00962. The van der Waals surface area contributed by atoms with E-state index in [9.17, 15) is 13.2 Å². The van der Waals surface area contributed by atoms with Crippen LogP contribution >= 0.6 is 0 Å². The molecule has 1 heterocycles. The van der Waals surface area contributed by atoms with Crippen LogP contribution in [-0.2, 0) is 14.8 Å². The van der Waals surface area contributed by atoms with Crippen LogP contribution in [0.1, 0.15) is 23.2 Å². The summed E-state index contributed by atoms with van der Waals surface area (Å²) in [7, 11) is -3.50. The van der Waals surface area contributed by atoms with E-state index in [1.54, 1.807) is 0 Å². The molecule has 0 saturated carbocycles. The second-order valence-electron chi connectivity index (χ2n) is 4.85. The van der Waals surface area contributed by atoms with Gasteiger partial charge in [-0.2, -0.15) is 0 Å². The van der Waals surface area contributed by atoms with Gasteiger partial charge >= 0.3 is 5.97 Å². The smallest absolute Gasteiger partial charge is 0.335 e. The Balaban J connectivity index is 2.03. The minimum atomic E-state index is -3.50. The number of carboxylic acid groups (broad SMARTS) is 1. The van der Waals surface area contributed by atoms with Gasteiger partial charge < -0.3 is 9.84 Å². The molecule has 1 saturated heterocycles. The molecule has 1 aliphatic rings. The van der Waals surface area contributed by atoms with Crippen molar-refractivity contribution in [2.75, 3.05) is 23.7 Å². The third kappa shape index (κ3) is 4.21. The average molecular weight is 299 g/mol. The summed E-state index contributed by atoms with van der Waals surface area (Å²) in [4.78, 5) is 10.8. The largest absolute Gasteiger partial charge is 0.478 e. The summed E-state index contributed by atoms with van der Waals surface area (Å²) in [6.45, 7) is 1.14. The van der Waals surface area contributed by atoms with Crippen LogP contribution in [0.4, 0.5) is 5.69 Å². The Morgan fingerprint density at radius 2 is 2.25 bits per heavy atom. The number of hydrogen-bond acceptors (Lipinski definition) is 4. The zero-order chi connectivity index (χ0) is 14.6. The van der Waals surface area contributed by atoms with E-state index >= 15 is 0 Å². The molecule has 1 aromatic carbocycles.